The molecule has 0 saturated heterocycles. The van der Waals surface area contributed by atoms with Crippen LogP contribution < -0.4 is 5.32 Å². The van der Waals surface area contributed by atoms with Gasteiger partial charge in [-0.1, -0.05) is 17.4 Å². The van der Waals surface area contributed by atoms with Crippen molar-refractivity contribution >= 4 is 0 Å². The second-order valence-electron chi connectivity index (χ2n) is 4.27. The molecule has 0 unspecified atom stereocenters. The molecule has 0 radical (unpaired) electrons. The van der Waals surface area contributed by atoms with Gasteiger partial charge in [0.05, 0.1) is 25.5 Å². The van der Waals surface area contributed by atoms with Crippen LogP contribution >= 0.6 is 0 Å². The number of ether oxygens (including phenoxy) is 1. The number of rotatable bonds is 8. The molecule has 1 aromatic heterocycles. The molecule has 17 heavy (non-hydrogen) atoms. The first kappa shape index (κ1) is 12.3. The molecule has 5 nitrogen and oxygen atoms in total. The monoisotopic (exact) mass is 236 g/mol. The van der Waals surface area contributed by atoms with Crippen LogP contribution in [0.25, 0.3) is 0 Å². The highest BCUT2D eigenvalue weighted by atomic mass is 16.5. The largest absolute Gasteiger partial charge is 0.375 e. The molecule has 1 N–H and O–H groups in total. The van der Waals surface area contributed by atoms with Crippen molar-refractivity contribution in [1.82, 2.24) is 20.3 Å². The Morgan fingerprint density at radius 1 is 1.59 bits per heavy atom. The predicted molar refractivity (Wildman–Crippen MR) is 65.5 cm³/mol. The lowest BCUT2D eigenvalue weighted by Gasteiger charge is -2.00. The van der Waals surface area contributed by atoms with Crippen molar-refractivity contribution in [3.05, 3.63) is 24.0 Å². The minimum atomic E-state index is 0.668. The van der Waals surface area contributed by atoms with Gasteiger partial charge in [0.25, 0.3) is 0 Å². The molecule has 0 amide bonds. The van der Waals surface area contributed by atoms with Crippen molar-refractivity contribution in [2.45, 2.75) is 38.9 Å². The van der Waals surface area contributed by atoms with Gasteiger partial charge < -0.3 is 10.1 Å². The third-order valence-corrected chi connectivity index (χ3v) is 2.65. The van der Waals surface area contributed by atoms with Crippen LogP contribution in [0, 0.1) is 0 Å². The van der Waals surface area contributed by atoms with Crippen LogP contribution in [-0.4, -0.2) is 34.2 Å². The lowest BCUT2D eigenvalue weighted by atomic mass is 10.4. The maximum Gasteiger partial charge on any atom is 0.0964 e. The first-order chi connectivity index (χ1) is 8.38. The lowest BCUT2D eigenvalue weighted by molar-refractivity contribution is 0.149. The molecule has 1 saturated carbocycles. The Morgan fingerprint density at radius 3 is 3.24 bits per heavy atom. The molecule has 0 spiro atoms. The first-order valence-corrected chi connectivity index (χ1v) is 6.20. The van der Waals surface area contributed by atoms with Gasteiger partial charge in [-0.2, -0.15) is 0 Å². The number of nitrogens with zero attached hydrogens (tertiary/aromatic N) is 3. The van der Waals surface area contributed by atoms with Crippen LogP contribution in [0.4, 0.5) is 0 Å². The quantitative estimate of drug-likeness (QED) is 0.543. The van der Waals surface area contributed by atoms with Crippen LogP contribution in [0.5, 0.6) is 0 Å². The van der Waals surface area contributed by atoms with E-state index in [1.54, 1.807) is 0 Å². The van der Waals surface area contributed by atoms with Gasteiger partial charge >= 0.3 is 0 Å². The highest BCUT2D eigenvalue weighted by Gasteiger charge is 2.20. The normalized spacial score (nSPS) is 15.8. The summed E-state index contributed by atoms with van der Waals surface area (Å²) in [5, 5.41) is 11.6. The fourth-order valence-corrected chi connectivity index (χ4v) is 1.47. The van der Waals surface area contributed by atoms with Gasteiger partial charge in [0.2, 0.25) is 0 Å². The maximum atomic E-state index is 5.40. The highest BCUT2D eigenvalue weighted by Crippen LogP contribution is 2.18. The molecule has 1 aromatic rings. The van der Waals surface area contributed by atoms with Gasteiger partial charge in [0.15, 0.2) is 0 Å². The molecule has 1 aliphatic rings. The molecular formula is C12H20N4O. The van der Waals surface area contributed by atoms with Gasteiger partial charge in [-0.25, -0.2) is 4.68 Å². The molecule has 0 aliphatic heterocycles. The van der Waals surface area contributed by atoms with Gasteiger partial charge in [0.1, 0.15) is 0 Å². The first-order valence-electron chi connectivity index (χ1n) is 6.20. The van der Waals surface area contributed by atoms with Crippen molar-refractivity contribution < 1.29 is 4.74 Å². The van der Waals surface area contributed by atoms with Crippen LogP contribution in [0.1, 0.15) is 25.5 Å². The summed E-state index contributed by atoms with van der Waals surface area (Å²) in [5.41, 5.74) is 1.00. The highest BCUT2D eigenvalue weighted by molar-refractivity contribution is 4.94. The average molecular weight is 236 g/mol. The van der Waals surface area contributed by atoms with Crippen LogP contribution in [0.2, 0.25) is 0 Å². The van der Waals surface area contributed by atoms with E-state index in [0.717, 1.165) is 18.8 Å². The third-order valence-electron chi connectivity index (χ3n) is 2.65. The Morgan fingerprint density at radius 2 is 2.47 bits per heavy atom. The van der Waals surface area contributed by atoms with E-state index in [9.17, 15) is 0 Å². The molecule has 1 aliphatic carbocycles. The number of allylic oxidation sites excluding steroid dienone is 1. The van der Waals surface area contributed by atoms with Gasteiger partial charge in [-0.15, -0.1) is 5.10 Å². The smallest absolute Gasteiger partial charge is 0.0964 e. The SMILES string of the molecule is CC=CCOCCn1cc(CNC2CC2)nn1. The maximum absolute atomic E-state index is 5.40. The molecule has 94 valence electrons. The molecule has 1 fully saturated rings. The Balaban J connectivity index is 1.62. The van der Waals surface area contributed by atoms with E-state index < -0.39 is 0 Å². The summed E-state index contributed by atoms with van der Waals surface area (Å²) in [7, 11) is 0. The standard InChI is InChI=1S/C12H20N4O/c1-2-3-7-17-8-6-16-10-12(14-15-16)9-13-11-4-5-11/h2-3,10-11,13H,4-9H2,1H3. The molecule has 1 heterocycles. The van der Waals surface area contributed by atoms with Gasteiger partial charge in [0, 0.05) is 18.8 Å². The summed E-state index contributed by atoms with van der Waals surface area (Å²) in [6.45, 7) is 4.91. The summed E-state index contributed by atoms with van der Waals surface area (Å²) < 4.78 is 7.24. The van der Waals surface area contributed by atoms with Crippen LogP contribution in [0.15, 0.2) is 18.3 Å². The number of hydrogen-bond donors (Lipinski definition) is 1. The molecule has 2 rings (SSSR count). The topological polar surface area (TPSA) is 52.0 Å². The Labute approximate surface area is 102 Å². The fraction of sp³-hybridized carbons (Fsp3) is 0.667. The van der Waals surface area contributed by atoms with E-state index in [2.05, 4.69) is 15.6 Å². The third kappa shape index (κ3) is 4.66. The van der Waals surface area contributed by atoms with Crippen molar-refractivity contribution in [2.75, 3.05) is 13.2 Å². The van der Waals surface area contributed by atoms with E-state index in [0.29, 0.717) is 19.3 Å². The predicted octanol–water partition coefficient (Wildman–Crippen LogP) is 1.12. The summed E-state index contributed by atoms with van der Waals surface area (Å²) in [5.74, 6) is 0. The van der Waals surface area contributed by atoms with E-state index in [4.69, 9.17) is 4.74 Å². The van der Waals surface area contributed by atoms with E-state index in [-0.39, 0.29) is 0 Å². The summed E-state index contributed by atoms with van der Waals surface area (Å²) >= 11 is 0. The molecule has 0 bridgehead atoms. The molecule has 0 atom stereocenters. The van der Waals surface area contributed by atoms with Crippen LogP contribution in [-0.2, 0) is 17.8 Å². The minimum Gasteiger partial charge on any atom is -0.375 e. The van der Waals surface area contributed by atoms with E-state index >= 15 is 0 Å². The molecular weight excluding hydrogens is 216 g/mol. The Hall–Kier alpha value is -1.20. The Bertz CT molecular complexity index is 357. The minimum absolute atomic E-state index is 0.668. The second kappa shape index (κ2) is 6.51. The van der Waals surface area contributed by atoms with E-state index in [1.165, 1.54) is 12.8 Å². The zero-order valence-electron chi connectivity index (χ0n) is 10.3. The lowest BCUT2D eigenvalue weighted by Crippen LogP contribution is -2.15. The zero-order chi connectivity index (χ0) is 11.9. The van der Waals surface area contributed by atoms with E-state index in [1.807, 2.05) is 30.0 Å². The van der Waals surface area contributed by atoms with Crippen molar-refractivity contribution in [3.63, 3.8) is 0 Å². The summed E-state index contributed by atoms with van der Waals surface area (Å²) in [6, 6.07) is 0.712. The fourth-order valence-electron chi connectivity index (χ4n) is 1.47. The molecule has 5 heteroatoms. The van der Waals surface area contributed by atoms with Gasteiger partial charge in [-0.05, 0) is 19.8 Å². The summed E-state index contributed by atoms with van der Waals surface area (Å²) in [4.78, 5) is 0. The molecule has 0 aromatic carbocycles. The number of hydrogen-bond acceptors (Lipinski definition) is 4. The van der Waals surface area contributed by atoms with Crippen LogP contribution in [0.3, 0.4) is 0 Å². The number of nitrogens with one attached hydrogen (secondary N) is 1. The summed E-state index contributed by atoms with van der Waals surface area (Å²) in [6.07, 6.45) is 8.55. The van der Waals surface area contributed by atoms with Crippen molar-refractivity contribution in [3.8, 4) is 0 Å². The second-order valence-corrected chi connectivity index (χ2v) is 4.27. The zero-order valence-corrected chi connectivity index (χ0v) is 10.3. The number of aromatic nitrogens is 3. The Kier molecular flexibility index (Phi) is 4.70. The van der Waals surface area contributed by atoms with Crippen molar-refractivity contribution in [1.29, 1.82) is 0 Å². The van der Waals surface area contributed by atoms with Crippen molar-refractivity contribution in [2.24, 2.45) is 0 Å². The average Bonchev–Trinajstić information content (AvgIpc) is 3.06. The van der Waals surface area contributed by atoms with Gasteiger partial charge in [-0.3, -0.25) is 0 Å².